The smallest absolute Gasteiger partial charge is 0.190 e. The van der Waals surface area contributed by atoms with E-state index in [1.165, 1.54) is 17.1 Å². The molecule has 0 bridgehead atoms. The van der Waals surface area contributed by atoms with Crippen molar-refractivity contribution in [2.24, 2.45) is 0 Å². The molecule has 1 saturated heterocycles. The predicted molar refractivity (Wildman–Crippen MR) is 129 cm³/mol. The summed E-state index contributed by atoms with van der Waals surface area (Å²) in [5.41, 5.74) is 5.76. The first-order chi connectivity index (χ1) is 15.3. The molecule has 1 aromatic heterocycles. The van der Waals surface area contributed by atoms with Crippen LogP contribution in [0, 0.1) is 0 Å². The summed E-state index contributed by atoms with van der Waals surface area (Å²) >= 11 is 1.69. The lowest BCUT2D eigenvalue weighted by molar-refractivity contribution is 0.122. The summed E-state index contributed by atoms with van der Waals surface area (Å²) in [6, 6.07) is 17.4. The van der Waals surface area contributed by atoms with Crippen LogP contribution in [0.2, 0.25) is 0 Å². The van der Waals surface area contributed by atoms with Crippen molar-refractivity contribution in [2.45, 2.75) is 6.92 Å². The first kappa shape index (κ1) is 19.9. The standard InChI is InChI=1S/C24H27N5OS/c1-2-29(22-9-7-20(8-10-22)27-13-15-30-16-14-27)24-26-23(17-31-24)19-3-5-21(6-4-19)28-12-11-25-18-28/h3-12,17,25H,2,13-16,18H2,1H3. The van der Waals surface area contributed by atoms with Crippen molar-refractivity contribution in [3.8, 4) is 11.3 Å². The lowest BCUT2D eigenvalue weighted by Gasteiger charge is -2.29. The molecule has 2 aliphatic heterocycles. The van der Waals surface area contributed by atoms with E-state index in [0.29, 0.717) is 0 Å². The molecule has 2 aromatic carbocycles. The molecule has 0 unspecified atom stereocenters. The number of rotatable bonds is 6. The van der Waals surface area contributed by atoms with Gasteiger partial charge >= 0.3 is 0 Å². The largest absolute Gasteiger partial charge is 0.378 e. The van der Waals surface area contributed by atoms with Crippen LogP contribution in [0.15, 0.2) is 66.3 Å². The number of anilines is 4. The van der Waals surface area contributed by atoms with Gasteiger partial charge in [-0.15, -0.1) is 11.3 Å². The molecule has 0 aliphatic carbocycles. The quantitative estimate of drug-likeness (QED) is 0.611. The molecule has 1 fully saturated rings. The summed E-state index contributed by atoms with van der Waals surface area (Å²) in [7, 11) is 0. The van der Waals surface area contributed by atoms with E-state index in [9.17, 15) is 0 Å². The zero-order valence-corrected chi connectivity index (χ0v) is 18.5. The topological polar surface area (TPSA) is 43.9 Å². The Kier molecular flexibility index (Phi) is 5.78. The van der Waals surface area contributed by atoms with E-state index in [1.807, 2.05) is 6.20 Å². The van der Waals surface area contributed by atoms with Crippen molar-refractivity contribution in [3.63, 3.8) is 0 Å². The van der Waals surface area contributed by atoms with Crippen LogP contribution in [0.25, 0.3) is 11.3 Å². The van der Waals surface area contributed by atoms with Crippen molar-refractivity contribution in [1.29, 1.82) is 0 Å². The van der Waals surface area contributed by atoms with Gasteiger partial charge in [0.15, 0.2) is 5.13 Å². The van der Waals surface area contributed by atoms with Gasteiger partial charge in [-0.1, -0.05) is 12.1 Å². The Morgan fingerprint density at radius 2 is 1.77 bits per heavy atom. The number of ether oxygens (including phenoxy) is 1. The molecule has 6 nitrogen and oxygen atoms in total. The molecule has 0 saturated carbocycles. The van der Waals surface area contributed by atoms with E-state index in [2.05, 4.69) is 87.1 Å². The molecule has 3 heterocycles. The van der Waals surface area contributed by atoms with Crippen LogP contribution in [0.1, 0.15) is 6.92 Å². The molecule has 2 aliphatic rings. The third-order valence-corrected chi connectivity index (χ3v) is 6.57. The molecule has 0 spiro atoms. The van der Waals surface area contributed by atoms with Gasteiger partial charge in [-0.3, -0.25) is 0 Å². The van der Waals surface area contributed by atoms with Crippen molar-refractivity contribution < 1.29 is 4.74 Å². The van der Waals surface area contributed by atoms with Crippen LogP contribution in [0.4, 0.5) is 22.2 Å². The number of aromatic nitrogens is 1. The molecule has 0 radical (unpaired) electrons. The summed E-state index contributed by atoms with van der Waals surface area (Å²) < 4.78 is 5.46. The third kappa shape index (κ3) is 4.24. The van der Waals surface area contributed by atoms with E-state index in [-0.39, 0.29) is 0 Å². The Hall–Kier alpha value is -3.03. The van der Waals surface area contributed by atoms with Crippen molar-refractivity contribution >= 4 is 33.5 Å². The number of thiazole rings is 1. The Balaban J connectivity index is 1.32. The molecule has 5 rings (SSSR count). The van der Waals surface area contributed by atoms with Gasteiger partial charge in [0, 0.05) is 60.0 Å². The Morgan fingerprint density at radius 1 is 1.03 bits per heavy atom. The normalized spacial score (nSPS) is 15.9. The minimum absolute atomic E-state index is 0.803. The summed E-state index contributed by atoms with van der Waals surface area (Å²) in [5, 5.41) is 6.36. The van der Waals surface area contributed by atoms with Crippen LogP contribution in [-0.2, 0) is 4.74 Å². The number of benzene rings is 2. The van der Waals surface area contributed by atoms with Crippen LogP contribution in [0.3, 0.4) is 0 Å². The monoisotopic (exact) mass is 433 g/mol. The first-order valence-corrected chi connectivity index (χ1v) is 11.6. The second-order valence-electron chi connectivity index (χ2n) is 7.57. The van der Waals surface area contributed by atoms with E-state index in [1.54, 1.807) is 11.3 Å². The van der Waals surface area contributed by atoms with E-state index in [0.717, 1.165) is 55.9 Å². The fraction of sp³-hybridized carbons (Fsp3) is 0.292. The van der Waals surface area contributed by atoms with Crippen LogP contribution < -0.4 is 20.0 Å². The molecular weight excluding hydrogens is 406 g/mol. The van der Waals surface area contributed by atoms with Gasteiger partial charge in [-0.05, 0) is 43.3 Å². The van der Waals surface area contributed by atoms with Gasteiger partial charge in [0.05, 0.1) is 25.6 Å². The van der Waals surface area contributed by atoms with E-state index >= 15 is 0 Å². The lowest BCUT2D eigenvalue weighted by Crippen LogP contribution is -2.36. The van der Waals surface area contributed by atoms with Gasteiger partial charge in [0.1, 0.15) is 0 Å². The highest BCUT2D eigenvalue weighted by molar-refractivity contribution is 7.14. The average molecular weight is 434 g/mol. The second kappa shape index (κ2) is 8.99. The van der Waals surface area contributed by atoms with Gasteiger partial charge in [0.2, 0.25) is 0 Å². The maximum atomic E-state index is 5.46. The maximum absolute atomic E-state index is 5.46. The summed E-state index contributed by atoms with van der Waals surface area (Å²) in [6.07, 6.45) is 4.02. The Morgan fingerprint density at radius 3 is 2.45 bits per heavy atom. The van der Waals surface area contributed by atoms with Crippen LogP contribution in [-0.4, -0.2) is 44.5 Å². The lowest BCUT2D eigenvalue weighted by atomic mass is 10.1. The van der Waals surface area contributed by atoms with Crippen molar-refractivity contribution in [2.75, 3.05) is 54.2 Å². The van der Waals surface area contributed by atoms with Gasteiger partial charge in [-0.25, -0.2) is 4.98 Å². The Bertz CT molecular complexity index is 1020. The van der Waals surface area contributed by atoms with E-state index < -0.39 is 0 Å². The zero-order valence-electron chi connectivity index (χ0n) is 17.7. The van der Waals surface area contributed by atoms with Gasteiger partial charge in [0.25, 0.3) is 0 Å². The predicted octanol–water partition coefficient (Wildman–Crippen LogP) is 4.64. The van der Waals surface area contributed by atoms with Gasteiger partial charge in [-0.2, -0.15) is 0 Å². The molecule has 1 N–H and O–H groups in total. The maximum Gasteiger partial charge on any atom is 0.190 e. The number of hydrogen-bond acceptors (Lipinski definition) is 7. The number of nitrogens with zero attached hydrogens (tertiary/aromatic N) is 4. The minimum atomic E-state index is 0.803. The van der Waals surface area contributed by atoms with Crippen molar-refractivity contribution in [1.82, 2.24) is 10.3 Å². The highest BCUT2D eigenvalue weighted by Gasteiger charge is 2.15. The van der Waals surface area contributed by atoms with Crippen molar-refractivity contribution in [3.05, 3.63) is 66.3 Å². The van der Waals surface area contributed by atoms with Crippen LogP contribution >= 0.6 is 11.3 Å². The molecule has 31 heavy (non-hydrogen) atoms. The number of nitrogens with one attached hydrogen (secondary N) is 1. The van der Waals surface area contributed by atoms with Crippen LogP contribution in [0.5, 0.6) is 0 Å². The number of morpholine rings is 1. The van der Waals surface area contributed by atoms with Gasteiger partial charge < -0.3 is 24.8 Å². The zero-order chi connectivity index (χ0) is 21.0. The average Bonchev–Trinajstić information content (AvgIpc) is 3.54. The summed E-state index contributed by atoms with van der Waals surface area (Å²) in [4.78, 5) is 11.8. The SMILES string of the molecule is CCN(c1ccc(N2CCOCC2)cc1)c1nc(-c2ccc(N3C=CNC3)cc2)cs1. The highest BCUT2D eigenvalue weighted by atomic mass is 32.1. The fourth-order valence-electron chi connectivity index (χ4n) is 3.96. The number of hydrogen-bond donors (Lipinski definition) is 1. The first-order valence-electron chi connectivity index (χ1n) is 10.7. The molecular formula is C24H27N5OS. The molecule has 160 valence electrons. The molecule has 0 amide bonds. The molecule has 7 heteroatoms. The summed E-state index contributed by atoms with van der Waals surface area (Å²) in [6.45, 7) is 7.37. The minimum Gasteiger partial charge on any atom is -0.378 e. The molecule has 0 atom stereocenters. The van der Waals surface area contributed by atoms with E-state index in [4.69, 9.17) is 9.72 Å². The molecule has 3 aromatic rings. The fourth-order valence-corrected chi connectivity index (χ4v) is 4.88. The third-order valence-electron chi connectivity index (χ3n) is 5.71. The Labute approximate surface area is 187 Å². The second-order valence-corrected chi connectivity index (χ2v) is 8.41. The summed E-state index contributed by atoms with van der Waals surface area (Å²) in [5.74, 6) is 0. The highest BCUT2D eigenvalue weighted by Crippen LogP contribution is 2.33.